The Hall–Kier alpha value is -1.18. The molecule has 0 spiro atoms. The molecule has 4 atom stereocenters. The molecule has 0 amide bonds. The molecule has 0 heterocycles. The quantitative estimate of drug-likeness (QED) is 0.422. The van der Waals surface area contributed by atoms with E-state index in [4.69, 9.17) is 0 Å². The molecule has 3 aliphatic rings. The predicted octanol–water partition coefficient (Wildman–Crippen LogP) is 8.74. The molecule has 3 aliphatic carbocycles. The van der Waals surface area contributed by atoms with Crippen LogP contribution in [0.3, 0.4) is 0 Å². The summed E-state index contributed by atoms with van der Waals surface area (Å²) >= 11 is 0. The van der Waals surface area contributed by atoms with Gasteiger partial charge in [-0.2, -0.15) is 0 Å². The second-order valence-electron chi connectivity index (χ2n) is 10.6. The first-order valence-corrected chi connectivity index (χ1v) is 12.6. The fourth-order valence-electron chi connectivity index (χ4n) is 7.09. The first-order chi connectivity index (χ1) is 14.6. The highest BCUT2D eigenvalue weighted by atomic mass is 19.2. The minimum atomic E-state index is -0.644. The molecule has 166 valence electrons. The van der Waals surface area contributed by atoms with Crippen LogP contribution >= 0.6 is 0 Å². The molecule has 0 N–H and O–H groups in total. The van der Waals surface area contributed by atoms with Gasteiger partial charge in [-0.1, -0.05) is 30.7 Å². The zero-order valence-electron chi connectivity index (χ0n) is 19.0. The van der Waals surface area contributed by atoms with Gasteiger partial charge in [0.25, 0.3) is 0 Å². The topological polar surface area (TPSA) is 0 Å². The molecule has 0 nitrogen and oxygen atoms in total. The summed E-state index contributed by atoms with van der Waals surface area (Å²) in [6, 6.07) is 3.58. The highest BCUT2D eigenvalue weighted by molar-refractivity contribution is 5.28. The zero-order valence-corrected chi connectivity index (χ0v) is 19.0. The van der Waals surface area contributed by atoms with Crippen molar-refractivity contribution in [1.29, 1.82) is 0 Å². The Morgan fingerprint density at radius 2 is 1.43 bits per heavy atom. The summed E-state index contributed by atoms with van der Waals surface area (Å²) in [4.78, 5) is 0. The summed E-state index contributed by atoms with van der Waals surface area (Å²) in [6.07, 6.45) is 20.3. The lowest BCUT2D eigenvalue weighted by Gasteiger charge is -2.45. The van der Waals surface area contributed by atoms with Crippen molar-refractivity contribution in [3.05, 3.63) is 47.0 Å². The standard InChI is InChI=1S/C28H40F2/c1-3-4-5-6-20-8-9-25-18-24(15-14-23(25)17-20)21-10-12-22(13-11-21)26-16-7-19(2)27(29)28(26)30/h3-4,7,16,20-25H,5-6,8-15,17-18H2,1-2H3/b4-3+. The van der Waals surface area contributed by atoms with Gasteiger partial charge in [0, 0.05) is 0 Å². The third-order valence-electron chi connectivity index (χ3n) is 8.92. The fourth-order valence-corrected chi connectivity index (χ4v) is 7.09. The number of hydrogen-bond donors (Lipinski definition) is 0. The number of benzene rings is 1. The van der Waals surface area contributed by atoms with E-state index in [0.29, 0.717) is 11.1 Å². The summed E-state index contributed by atoms with van der Waals surface area (Å²) in [5.41, 5.74) is 1.04. The highest BCUT2D eigenvalue weighted by Crippen LogP contribution is 2.50. The first-order valence-electron chi connectivity index (χ1n) is 12.6. The van der Waals surface area contributed by atoms with E-state index < -0.39 is 11.6 Å². The first kappa shape index (κ1) is 22.0. The Labute approximate surface area is 182 Å². The number of allylic oxidation sites excluding steroid dienone is 2. The van der Waals surface area contributed by atoms with Gasteiger partial charge in [0.15, 0.2) is 11.6 Å². The Bertz CT molecular complexity index is 728. The van der Waals surface area contributed by atoms with Crippen LogP contribution in [-0.4, -0.2) is 0 Å². The third kappa shape index (κ3) is 4.83. The van der Waals surface area contributed by atoms with Gasteiger partial charge in [-0.3, -0.25) is 0 Å². The lowest BCUT2D eigenvalue weighted by atomic mass is 9.60. The van der Waals surface area contributed by atoms with Crippen molar-refractivity contribution in [2.45, 2.75) is 96.8 Å². The van der Waals surface area contributed by atoms with Crippen molar-refractivity contribution < 1.29 is 8.78 Å². The normalized spacial score (nSPS) is 34.8. The number of aryl methyl sites for hydroxylation is 1. The van der Waals surface area contributed by atoms with E-state index in [0.717, 1.165) is 42.4 Å². The summed E-state index contributed by atoms with van der Waals surface area (Å²) in [5.74, 6) is 3.56. The van der Waals surface area contributed by atoms with Crippen molar-refractivity contribution in [3.63, 3.8) is 0 Å². The molecule has 0 bridgehead atoms. The van der Waals surface area contributed by atoms with Crippen LogP contribution in [-0.2, 0) is 0 Å². The van der Waals surface area contributed by atoms with E-state index >= 15 is 0 Å². The lowest BCUT2D eigenvalue weighted by Crippen LogP contribution is -2.34. The largest absolute Gasteiger partial charge is 0.203 e. The molecule has 30 heavy (non-hydrogen) atoms. The number of halogens is 2. The predicted molar refractivity (Wildman–Crippen MR) is 122 cm³/mol. The van der Waals surface area contributed by atoms with Crippen molar-refractivity contribution in [3.8, 4) is 0 Å². The summed E-state index contributed by atoms with van der Waals surface area (Å²) in [6.45, 7) is 3.77. The molecule has 1 aromatic carbocycles. The summed E-state index contributed by atoms with van der Waals surface area (Å²) in [7, 11) is 0. The summed E-state index contributed by atoms with van der Waals surface area (Å²) < 4.78 is 28.4. The molecule has 3 fully saturated rings. The Morgan fingerprint density at radius 3 is 2.17 bits per heavy atom. The Morgan fingerprint density at radius 1 is 0.800 bits per heavy atom. The smallest absolute Gasteiger partial charge is 0.162 e. The average Bonchev–Trinajstić information content (AvgIpc) is 2.78. The van der Waals surface area contributed by atoms with E-state index in [1.807, 2.05) is 6.07 Å². The molecular formula is C28H40F2. The van der Waals surface area contributed by atoms with Gasteiger partial charge in [0.2, 0.25) is 0 Å². The minimum absolute atomic E-state index is 0.209. The second-order valence-corrected chi connectivity index (χ2v) is 10.6. The van der Waals surface area contributed by atoms with Gasteiger partial charge in [-0.25, -0.2) is 8.78 Å². The van der Waals surface area contributed by atoms with Crippen molar-refractivity contribution in [1.82, 2.24) is 0 Å². The van der Waals surface area contributed by atoms with Crippen LogP contribution < -0.4 is 0 Å². The van der Waals surface area contributed by atoms with Gasteiger partial charge < -0.3 is 0 Å². The van der Waals surface area contributed by atoms with Gasteiger partial charge >= 0.3 is 0 Å². The Balaban J connectivity index is 1.27. The molecule has 0 aromatic heterocycles. The van der Waals surface area contributed by atoms with Gasteiger partial charge in [-0.15, -0.1) is 0 Å². The maximum atomic E-state index is 14.4. The van der Waals surface area contributed by atoms with Gasteiger partial charge in [0.05, 0.1) is 0 Å². The van der Waals surface area contributed by atoms with Crippen molar-refractivity contribution >= 4 is 0 Å². The molecule has 0 aliphatic heterocycles. The van der Waals surface area contributed by atoms with Crippen molar-refractivity contribution in [2.75, 3.05) is 0 Å². The number of rotatable bonds is 5. The van der Waals surface area contributed by atoms with Crippen LogP contribution in [0.1, 0.15) is 101 Å². The van der Waals surface area contributed by atoms with Crippen LogP contribution in [0.2, 0.25) is 0 Å². The van der Waals surface area contributed by atoms with Crippen LogP contribution in [0.15, 0.2) is 24.3 Å². The van der Waals surface area contributed by atoms with Crippen molar-refractivity contribution in [2.24, 2.45) is 29.6 Å². The molecule has 4 unspecified atom stereocenters. The van der Waals surface area contributed by atoms with Crippen LogP contribution in [0.5, 0.6) is 0 Å². The molecule has 1 aromatic rings. The molecule has 0 radical (unpaired) electrons. The molecular weight excluding hydrogens is 374 g/mol. The maximum Gasteiger partial charge on any atom is 0.162 e. The lowest BCUT2D eigenvalue weighted by molar-refractivity contribution is 0.0620. The average molecular weight is 415 g/mol. The molecule has 2 heteroatoms. The minimum Gasteiger partial charge on any atom is -0.203 e. The van der Waals surface area contributed by atoms with E-state index in [-0.39, 0.29) is 5.92 Å². The van der Waals surface area contributed by atoms with E-state index in [9.17, 15) is 8.78 Å². The van der Waals surface area contributed by atoms with Gasteiger partial charge in [0.1, 0.15) is 0 Å². The second kappa shape index (κ2) is 9.96. The number of hydrogen-bond acceptors (Lipinski definition) is 0. The molecule has 4 rings (SSSR count). The van der Waals surface area contributed by atoms with Crippen LogP contribution in [0, 0.1) is 48.1 Å². The van der Waals surface area contributed by atoms with Gasteiger partial charge in [-0.05, 0) is 131 Å². The summed E-state index contributed by atoms with van der Waals surface area (Å²) in [5, 5.41) is 0. The molecule has 3 saturated carbocycles. The Kier molecular flexibility index (Phi) is 7.32. The fraction of sp³-hybridized carbons (Fsp3) is 0.714. The van der Waals surface area contributed by atoms with Crippen LogP contribution in [0.4, 0.5) is 8.78 Å². The maximum absolute atomic E-state index is 14.4. The zero-order chi connectivity index (χ0) is 21.1. The highest BCUT2D eigenvalue weighted by Gasteiger charge is 2.39. The SMILES string of the molecule is C/C=C/CCC1CCC2CC(C3CCC(c4ccc(C)c(F)c4F)CC3)CCC2C1. The third-order valence-corrected chi connectivity index (χ3v) is 8.92. The van der Waals surface area contributed by atoms with E-state index in [2.05, 4.69) is 19.1 Å². The monoisotopic (exact) mass is 414 g/mol. The van der Waals surface area contributed by atoms with Crippen LogP contribution in [0.25, 0.3) is 0 Å². The molecule has 0 saturated heterocycles. The van der Waals surface area contributed by atoms with E-state index in [1.54, 1.807) is 13.0 Å². The number of fused-ring (bicyclic) bond motifs is 1. The van der Waals surface area contributed by atoms with E-state index in [1.165, 1.54) is 64.2 Å².